The molecule has 1 aromatic carbocycles. The molecule has 0 radical (unpaired) electrons. The van der Waals surface area contributed by atoms with E-state index in [1.54, 1.807) is 6.07 Å². The molecule has 0 bridgehead atoms. The molecule has 0 fully saturated rings. The van der Waals surface area contributed by atoms with Crippen LogP contribution in [0, 0.1) is 17.6 Å². The van der Waals surface area contributed by atoms with Crippen molar-refractivity contribution in [1.82, 2.24) is 5.32 Å². The summed E-state index contributed by atoms with van der Waals surface area (Å²) < 4.78 is 25.6. The van der Waals surface area contributed by atoms with Crippen molar-refractivity contribution in [2.75, 3.05) is 6.54 Å². The Hall–Kier alpha value is -0.960. The molecule has 0 aliphatic carbocycles. The molecule has 0 amide bonds. The van der Waals surface area contributed by atoms with Gasteiger partial charge in [-0.3, -0.25) is 0 Å². The molecule has 1 nitrogen and oxygen atoms in total. The highest BCUT2D eigenvalue weighted by Gasteiger charge is 2.08. The smallest absolute Gasteiger partial charge is 0.159 e. The van der Waals surface area contributed by atoms with Gasteiger partial charge in [-0.05, 0) is 37.1 Å². The van der Waals surface area contributed by atoms with Gasteiger partial charge in [0, 0.05) is 6.04 Å². The summed E-state index contributed by atoms with van der Waals surface area (Å²) in [6, 6.07) is 4.06. The van der Waals surface area contributed by atoms with Crippen molar-refractivity contribution in [1.29, 1.82) is 0 Å². The van der Waals surface area contributed by atoms with Crippen LogP contribution in [0.5, 0.6) is 0 Å². The van der Waals surface area contributed by atoms with Gasteiger partial charge in [0.2, 0.25) is 0 Å². The zero-order chi connectivity index (χ0) is 11.4. The fourth-order valence-electron chi connectivity index (χ4n) is 1.31. The second kappa shape index (κ2) is 5.21. The Morgan fingerprint density at radius 1 is 1.13 bits per heavy atom. The minimum absolute atomic E-state index is 0.0440. The molecule has 1 rings (SSSR count). The van der Waals surface area contributed by atoms with Gasteiger partial charge in [0.15, 0.2) is 11.6 Å². The fourth-order valence-corrected chi connectivity index (χ4v) is 1.31. The first-order valence-corrected chi connectivity index (χ1v) is 5.19. The number of rotatable bonds is 4. The van der Waals surface area contributed by atoms with Crippen LogP contribution in [0.1, 0.15) is 32.4 Å². The SMILES string of the molecule is CC(C)CN[C@@H](C)c1ccc(F)c(F)c1. The van der Waals surface area contributed by atoms with Crippen molar-refractivity contribution in [2.24, 2.45) is 5.92 Å². The molecule has 84 valence electrons. The third-order valence-corrected chi connectivity index (χ3v) is 2.28. The van der Waals surface area contributed by atoms with Crippen LogP contribution in [-0.2, 0) is 0 Å². The summed E-state index contributed by atoms with van der Waals surface area (Å²) in [4.78, 5) is 0. The van der Waals surface area contributed by atoms with Crippen LogP contribution in [0.3, 0.4) is 0 Å². The van der Waals surface area contributed by atoms with E-state index >= 15 is 0 Å². The Bertz CT molecular complexity index is 323. The molecular formula is C12H17F2N. The molecule has 3 heteroatoms. The Morgan fingerprint density at radius 2 is 1.80 bits per heavy atom. The normalized spacial score (nSPS) is 13.2. The largest absolute Gasteiger partial charge is 0.310 e. The maximum atomic E-state index is 12.9. The van der Waals surface area contributed by atoms with Gasteiger partial charge < -0.3 is 5.32 Å². The molecule has 1 aromatic rings. The van der Waals surface area contributed by atoms with Crippen molar-refractivity contribution in [3.05, 3.63) is 35.4 Å². The van der Waals surface area contributed by atoms with Crippen molar-refractivity contribution in [3.8, 4) is 0 Å². The molecule has 0 aliphatic heterocycles. The van der Waals surface area contributed by atoms with Crippen LogP contribution in [0.25, 0.3) is 0 Å². The third kappa shape index (κ3) is 3.59. The minimum Gasteiger partial charge on any atom is -0.310 e. The summed E-state index contributed by atoms with van der Waals surface area (Å²) in [7, 11) is 0. The quantitative estimate of drug-likeness (QED) is 0.809. The Labute approximate surface area is 89.5 Å². The monoisotopic (exact) mass is 213 g/mol. The predicted molar refractivity (Wildman–Crippen MR) is 57.6 cm³/mol. The Morgan fingerprint density at radius 3 is 2.33 bits per heavy atom. The Kier molecular flexibility index (Phi) is 4.21. The molecule has 0 aromatic heterocycles. The van der Waals surface area contributed by atoms with E-state index in [2.05, 4.69) is 19.2 Å². The Balaban J connectivity index is 2.65. The second-order valence-electron chi connectivity index (χ2n) is 4.20. The summed E-state index contributed by atoms with van der Waals surface area (Å²) >= 11 is 0. The summed E-state index contributed by atoms with van der Waals surface area (Å²) in [6.45, 7) is 7.01. The summed E-state index contributed by atoms with van der Waals surface area (Å²) in [5, 5.41) is 3.26. The van der Waals surface area contributed by atoms with Gasteiger partial charge in [-0.25, -0.2) is 8.78 Å². The molecule has 0 unspecified atom stereocenters. The highest BCUT2D eigenvalue weighted by atomic mass is 19.2. The molecule has 0 spiro atoms. The highest BCUT2D eigenvalue weighted by molar-refractivity contribution is 5.20. The van der Waals surface area contributed by atoms with Crippen LogP contribution in [-0.4, -0.2) is 6.54 Å². The van der Waals surface area contributed by atoms with Crippen molar-refractivity contribution < 1.29 is 8.78 Å². The standard InChI is InChI=1S/C12H17F2N/c1-8(2)7-15-9(3)10-4-5-11(13)12(14)6-10/h4-6,8-9,15H,7H2,1-3H3/t9-/m0/s1. The van der Waals surface area contributed by atoms with E-state index < -0.39 is 11.6 Å². The van der Waals surface area contributed by atoms with Crippen LogP contribution in [0.15, 0.2) is 18.2 Å². The molecule has 0 saturated heterocycles. The lowest BCUT2D eigenvalue weighted by atomic mass is 10.1. The first kappa shape index (κ1) is 12.1. The molecule has 0 heterocycles. The topological polar surface area (TPSA) is 12.0 Å². The predicted octanol–water partition coefficient (Wildman–Crippen LogP) is 3.27. The fraction of sp³-hybridized carbons (Fsp3) is 0.500. The summed E-state index contributed by atoms with van der Waals surface area (Å²) in [6.07, 6.45) is 0. The number of hydrogen-bond acceptors (Lipinski definition) is 1. The number of halogens is 2. The zero-order valence-corrected chi connectivity index (χ0v) is 9.35. The number of hydrogen-bond donors (Lipinski definition) is 1. The lowest BCUT2D eigenvalue weighted by Crippen LogP contribution is -2.23. The van der Waals surface area contributed by atoms with Crippen LogP contribution in [0.2, 0.25) is 0 Å². The molecule has 1 N–H and O–H groups in total. The maximum Gasteiger partial charge on any atom is 0.159 e. The van der Waals surface area contributed by atoms with Crippen LogP contribution >= 0.6 is 0 Å². The molecular weight excluding hydrogens is 196 g/mol. The van der Waals surface area contributed by atoms with Gasteiger partial charge in [0.1, 0.15) is 0 Å². The molecule has 0 aliphatic rings. The van der Waals surface area contributed by atoms with E-state index in [4.69, 9.17) is 0 Å². The average molecular weight is 213 g/mol. The van der Waals surface area contributed by atoms with E-state index in [1.165, 1.54) is 6.07 Å². The van der Waals surface area contributed by atoms with Gasteiger partial charge in [0.25, 0.3) is 0 Å². The van der Waals surface area contributed by atoms with Gasteiger partial charge >= 0.3 is 0 Å². The van der Waals surface area contributed by atoms with Crippen LogP contribution in [0.4, 0.5) is 8.78 Å². The van der Waals surface area contributed by atoms with Crippen LogP contribution < -0.4 is 5.32 Å². The first-order valence-electron chi connectivity index (χ1n) is 5.19. The minimum atomic E-state index is -0.796. The number of nitrogens with one attached hydrogen (secondary N) is 1. The number of benzene rings is 1. The van der Waals surface area contributed by atoms with Gasteiger partial charge in [0.05, 0.1) is 0 Å². The molecule has 15 heavy (non-hydrogen) atoms. The van der Waals surface area contributed by atoms with E-state index in [0.29, 0.717) is 5.92 Å². The van der Waals surface area contributed by atoms with E-state index in [-0.39, 0.29) is 6.04 Å². The molecule has 1 atom stereocenters. The third-order valence-electron chi connectivity index (χ3n) is 2.28. The highest BCUT2D eigenvalue weighted by Crippen LogP contribution is 2.15. The average Bonchev–Trinajstić information content (AvgIpc) is 2.18. The van der Waals surface area contributed by atoms with Gasteiger partial charge in [-0.2, -0.15) is 0 Å². The first-order chi connectivity index (χ1) is 7.00. The van der Waals surface area contributed by atoms with Crippen molar-refractivity contribution in [3.63, 3.8) is 0 Å². The molecule has 0 saturated carbocycles. The van der Waals surface area contributed by atoms with Crippen molar-refractivity contribution >= 4 is 0 Å². The van der Waals surface area contributed by atoms with E-state index in [0.717, 1.165) is 18.2 Å². The lowest BCUT2D eigenvalue weighted by Gasteiger charge is -2.16. The van der Waals surface area contributed by atoms with Crippen molar-refractivity contribution in [2.45, 2.75) is 26.8 Å². The second-order valence-corrected chi connectivity index (χ2v) is 4.20. The van der Waals surface area contributed by atoms with Gasteiger partial charge in [-0.1, -0.05) is 19.9 Å². The summed E-state index contributed by atoms with van der Waals surface area (Å²) in [5.41, 5.74) is 0.773. The lowest BCUT2D eigenvalue weighted by molar-refractivity contribution is 0.483. The maximum absolute atomic E-state index is 12.9. The van der Waals surface area contributed by atoms with E-state index in [1.807, 2.05) is 6.92 Å². The van der Waals surface area contributed by atoms with E-state index in [9.17, 15) is 8.78 Å². The zero-order valence-electron chi connectivity index (χ0n) is 9.35. The van der Waals surface area contributed by atoms with Gasteiger partial charge in [-0.15, -0.1) is 0 Å². The summed E-state index contributed by atoms with van der Waals surface area (Å²) in [5.74, 6) is -1.04.